The summed E-state index contributed by atoms with van der Waals surface area (Å²) in [6.07, 6.45) is 16.4. The van der Waals surface area contributed by atoms with E-state index >= 15 is 0 Å². The van der Waals surface area contributed by atoms with Crippen LogP contribution in [0.2, 0.25) is 0 Å². The molecule has 5 rings (SSSR count). The second-order valence-corrected chi connectivity index (χ2v) is 10.4. The molecule has 37 heavy (non-hydrogen) atoms. The largest absolute Gasteiger partial charge is 0.466 e. The molecule has 0 radical (unpaired) electrons. The van der Waals surface area contributed by atoms with Crippen LogP contribution in [-0.2, 0) is 22.5 Å². The van der Waals surface area contributed by atoms with Gasteiger partial charge in [0.1, 0.15) is 0 Å². The van der Waals surface area contributed by atoms with Gasteiger partial charge in [0.25, 0.3) is 0 Å². The van der Waals surface area contributed by atoms with Crippen LogP contribution in [0.4, 0.5) is 0 Å². The van der Waals surface area contributed by atoms with Crippen molar-refractivity contribution in [1.29, 1.82) is 0 Å². The average Bonchev–Trinajstić information content (AvgIpc) is 3.44. The number of rotatable bonds is 15. The van der Waals surface area contributed by atoms with Crippen LogP contribution in [0, 0.1) is 0 Å². The van der Waals surface area contributed by atoms with Gasteiger partial charge in [-0.05, 0) is 75.7 Å². The van der Waals surface area contributed by atoms with E-state index in [2.05, 4.69) is 83.7 Å². The zero-order valence-electron chi connectivity index (χ0n) is 22.0. The standard InChI is InChI=1S/C34H39NO2/c36-32(37-26-10-6-4-2-1-3-5-7-23-35-24-8-9-25-35)16-12-13-27-17-18-30-20-19-28-14-11-15-29-21-22-31(27)34(30)33(28)29/h8-9,11,14-15,17-22,24-25H,1-7,10,12-13,16,23,26H2. The quantitative estimate of drug-likeness (QED) is 0.0827. The molecule has 0 aliphatic heterocycles. The van der Waals surface area contributed by atoms with E-state index < -0.39 is 0 Å². The van der Waals surface area contributed by atoms with Gasteiger partial charge < -0.3 is 9.30 Å². The molecule has 0 saturated heterocycles. The van der Waals surface area contributed by atoms with E-state index in [9.17, 15) is 4.79 Å². The van der Waals surface area contributed by atoms with E-state index in [-0.39, 0.29) is 5.97 Å². The third-order valence-electron chi connectivity index (χ3n) is 7.69. The summed E-state index contributed by atoms with van der Waals surface area (Å²) in [5.74, 6) is -0.0552. The van der Waals surface area contributed by atoms with Crippen molar-refractivity contribution in [2.45, 2.75) is 77.2 Å². The van der Waals surface area contributed by atoms with Gasteiger partial charge >= 0.3 is 5.97 Å². The summed E-state index contributed by atoms with van der Waals surface area (Å²) < 4.78 is 7.77. The molecule has 1 heterocycles. The summed E-state index contributed by atoms with van der Waals surface area (Å²) in [4.78, 5) is 12.3. The summed E-state index contributed by atoms with van der Waals surface area (Å²) in [5.41, 5.74) is 1.32. The maximum absolute atomic E-state index is 12.3. The first-order valence-corrected chi connectivity index (χ1v) is 14.2. The Balaban J connectivity index is 0.962. The minimum atomic E-state index is -0.0552. The number of aromatic nitrogens is 1. The Labute approximate surface area is 220 Å². The van der Waals surface area contributed by atoms with Crippen LogP contribution in [0.15, 0.2) is 79.1 Å². The molecule has 3 heteroatoms. The lowest BCUT2D eigenvalue weighted by Gasteiger charge is -2.14. The van der Waals surface area contributed by atoms with Gasteiger partial charge in [-0.15, -0.1) is 0 Å². The van der Waals surface area contributed by atoms with Gasteiger partial charge in [0.15, 0.2) is 0 Å². The van der Waals surface area contributed by atoms with Crippen LogP contribution in [0.25, 0.3) is 32.3 Å². The maximum atomic E-state index is 12.3. The number of hydrogen-bond acceptors (Lipinski definition) is 2. The van der Waals surface area contributed by atoms with Crippen LogP contribution in [0.1, 0.15) is 69.8 Å². The van der Waals surface area contributed by atoms with Crippen molar-refractivity contribution in [3.05, 3.63) is 84.7 Å². The maximum Gasteiger partial charge on any atom is 0.305 e. The molecule has 3 nitrogen and oxygen atoms in total. The van der Waals surface area contributed by atoms with Crippen LogP contribution in [-0.4, -0.2) is 17.1 Å². The topological polar surface area (TPSA) is 31.2 Å². The highest BCUT2D eigenvalue weighted by molar-refractivity contribution is 6.23. The SMILES string of the molecule is O=C(CCCc1ccc2ccc3cccc4ccc1c2c34)OCCCCCCCCCCn1cccc1. The average molecular weight is 494 g/mol. The van der Waals surface area contributed by atoms with Crippen LogP contribution in [0.3, 0.4) is 0 Å². The lowest BCUT2D eigenvalue weighted by atomic mass is 9.90. The van der Waals surface area contributed by atoms with Crippen molar-refractivity contribution in [1.82, 2.24) is 4.57 Å². The molecule has 0 saturated carbocycles. The fraction of sp³-hybridized carbons (Fsp3) is 0.382. The first kappa shape index (κ1) is 25.3. The van der Waals surface area contributed by atoms with Crippen molar-refractivity contribution in [3.8, 4) is 0 Å². The lowest BCUT2D eigenvalue weighted by molar-refractivity contribution is -0.143. The predicted molar refractivity (Wildman–Crippen MR) is 155 cm³/mol. The van der Waals surface area contributed by atoms with Crippen molar-refractivity contribution >= 4 is 38.3 Å². The number of esters is 1. The Morgan fingerprint density at radius 1 is 0.622 bits per heavy atom. The van der Waals surface area contributed by atoms with Crippen molar-refractivity contribution in [3.63, 3.8) is 0 Å². The smallest absolute Gasteiger partial charge is 0.305 e. The number of nitrogens with zero attached hydrogens (tertiary/aromatic N) is 1. The van der Waals surface area contributed by atoms with E-state index in [0.29, 0.717) is 13.0 Å². The molecule has 0 amide bonds. The van der Waals surface area contributed by atoms with Gasteiger partial charge in [-0.1, -0.05) is 93.1 Å². The first-order chi connectivity index (χ1) is 18.3. The molecule has 192 valence electrons. The Morgan fingerprint density at radius 3 is 2.00 bits per heavy atom. The second kappa shape index (κ2) is 12.8. The number of carbonyl (C=O) groups excluding carboxylic acids is 1. The Kier molecular flexibility index (Phi) is 8.74. The van der Waals surface area contributed by atoms with Gasteiger partial charge in [-0.2, -0.15) is 0 Å². The van der Waals surface area contributed by atoms with Gasteiger partial charge in [0.05, 0.1) is 6.61 Å². The van der Waals surface area contributed by atoms with Crippen molar-refractivity contribution in [2.24, 2.45) is 0 Å². The highest BCUT2D eigenvalue weighted by Crippen LogP contribution is 2.36. The van der Waals surface area contributed by atoms with E-state index in [4.69, 9.17) is 4.74 Å². The summed E-state index contributed by atoms with van der Waals surface area (Å²) in [5, 5.41) is 7.89. The van der Waals surface area contributed by atoms with Gasteiger partial charge in [-0.3, -0.25) is 4.79 Å². The van der Waals surface area contributed by atoms with Crippen LogP contribution < -0.4 is 0 Å². The van der Waals surface area contributed by atoms with E-state index in [1.54, 1.807) is 0 Å². The molecule has 0 atom stereocenters. The van der Waals surface area contributed by atoms with Gasteiger partial charge in [0.2, 0.25) is 0 Å². The number of carbonyl (C=O) groups is 1. The third kappa shape index (κ3) is 6.52. The van der Waals surface area contributed by atoms with E-state index in [1.807, 2.05) is 0 Å². The molecule has 0 bridgehead atoms. The summed E-state index contributed by atoms with van der Waals surface area (Å²) in [6.45, 7) is 1.70. The number of ether oxygens (including phenoxy) is 1. The molecular weight excluding hydrogens is 454 g/mol. The zero-order valence-corrected chi connectivity index (χ0v) is 22.0. The molecule has 1 aromatic heterocycles. The summed E-state index contributed by atoms with van der Waals surface area (Å²) in [6, 6.07) is 24.1. The highest BCUT2D eigenvalue weighted by Gasteiger charge is 2.11. The first-order valence-electron chi connectivity index (χ1n) is 14.2. The Morgan fingerprint density at radius 2 is 1.24 bits per heavy atom. The van der Waals surface area contributed by atoms with Crippen molar-refractivity contribution < 1.29 is 9.53 Å². The number of unbranched alkanes of at least 4 members (excludes halogenated alkanes) is 7. The Bertz CT molecular complexity index is 1390. The molecule has 0 spiro atoms. The van der Waals surface area contributed by atoms with Crippen LogP contribution in [0.5, 0.6) is 0 Å². The molecule has 4 aromatic carbocycles. The zero-order chi connectivity index (χ0) is 25.3. The second-order valence-electron chi connectivity index (χ2n) is 10.4. The van der Waals surface area contributed by atoms with Crippen LogP contribution >= 0.6 is 0 Å². The highest BCUT2D eigenvalue weighted by atomic mass is 16.5. The minimum Gasteiger partial charge on any atom is -0.466 e. The van der Waals surface area contributed by atoms with Crippen molar-refractivity contribution in [2.75, 3.05) is 6.61 Å². The fourth-order valence-corrected chi connectivity index (χ4v) is 5.67. The molecule has 0 aliphatic carbocycles. The molecule has 5 aromatic rings. The Hall–Kier alpha value is -3.33. The third-order valence-corrected chi connectivity index (χ3v) is 7.69. The number of benzene rings is 4. The molecule has 0 aliphatic rings. The van der Waals surface area contributed by atoms with Gasteiger partial charge in [-0.25, -0.2) is 0 Å². The molecule has 0 N–H and O–H groups in total. The minimum absolute atomic E-state index is 0.0552. The monoisotopic (exact) mass is 493 g/mol. The predicted octanol–water partition coefficient (Wildman–Crippen LogP) is 9.07. The van der Waals surface area contributed by atoms with E-state index in [1.165, 1.54) is 76.4 Å². The fourth-order valence-electron chi connectivity index (χ4n) is 5.67. The van der Waals surface area contributed by atoms with E-state index in [0.717, 1.165) is 32.2 Å². The molecule has 0 fully saturated rings. The number of aryl methyl sites for hydroxylation is 2. The summed E-state index contributed by atoms with van der Waals surface area (Å²) in [7, 11) is 0. The van der Waals surface area contributed by atoms with Gasteiger partial charge in [0, 0.05) is 25.4 Å². The number of hydrogen-bond donors (Lipinski definition) is 0. The molecular formula is C34H39NO2. The normalized spacial score (nSPS) is 11.7. The lowest BCUT2D eigenvalue weighted by Crippen LogP contribution is -2.06. The summed E-state index contributed by atoms with van der Waals surface area (Å²) >= 11 is 0. The molecule has 0 unspecified atom stereocenters.